The van der Waals surface area contributed by atoms with E-state index in [1.165, 1.54) is 0 Å². The van der Waals surface area contributed by atoms with Crippen LogP contribution in [0.3, 0.4) is 0 Å². The van der Waals surface area contributed by atoms with Gasteiger partial charge in [-0.15, -0.1) is 24.0 Å². The Bertz CT molecular complexity index is 507. The highest BCUT2D eigenvalue weighted by Gasteiger charge is 2.27. The van der Waals surface area contributed by atoms with Gasteiger partial charge in [0.1, 0.15) is 12.4 Å². The van der Waals surface area contributed by atoms with E-state index in [0.717, 1.165) is 5.75 Å². The van der Waals surface area contributed by atoms with Crippen LogP contribution in [0.4, 0.5) is 0 Å². The molecule has 0 atom stereocenters. The summed E-state index contributed by atoms with van der Waals surface area (Å²) in [5.41, 5.74) is -0.506. The summed E-state index contributed by atoms with van der Waals surface area (Å²) in [5.74, 6) is 1.52. The molecule has 0 spiro atoms. The molecule has 0 radical (unpaired) electrons. The minimum absolute atomic E-state index is 0. The fourth-order valence-corrected chi connectivity index (χ4v) is 1.86. The standard InChI is InChI=1S/C17H28N4O2.HI/c1-5-19-15(22)17(2,3)13-21-16(18-4)20-11-12-23-14-9-7-6-8-10-14;/h6-10H,5,11-13H2,1-4H3,(H,19,22)(H2,18,20,21);1H. The molecule has 0 bridgehead atoms. The predicted octanol–water partition coefficient (Wildman–Crippen LogP) is 2.01. The molecule has 0 aromatic heterocycles. The summed E-state index contributed by atoms with van der Waals surface area (Å²) in [6, 6.07) is 9.66. The van der Waals surface area contributed by atoms with Crippen LogP contribution < -0.4 is 20.7 Å². The van der Waals surface area contributed by atoms with Crippen LogP contribution in [0.1, 0.15) is 20.8 Å². The first-order chi connectivity index (χ1) is 11.0. The Morgan fingerprint density at radius 1 is 1.17 bits per heavy atom. The Balaban J connectivity index is 0.00000529. The van der Waals surface area contributed by atoms with Gasteiger partial charge in [-0.3, -0.25) is 9.79 Å². The second kappa shape index (κ2) is 11.9. The summed E-state index contributed by atoms with van der Waals surface area (Å²) in [5, 5.41) is 9.17. The van der Waals surface area contributed by atoms with Crippen molar-refractivity contribution in [2.75, 3.05) is 33.3 Å². The molecule has 0 saturated carbocycles. The lowest BCUT2D eigenvalue weighted by Gasteiger charge is -2.24. The molecule has 0 aliphatic rings. The van der Waals surface area contributed by atoms with Crippen molar-refractivity contribution in [2.45, 2.75) is 20.8 Å². The van der Waals surface area contributed by atoms with Crippen LogP contribution in [0.2, 0.25) is 0 Å². The third-order valence-corrected chi connectivity index (χ3v) is 3.28. The van der Waals surface area contributed by atoms with Gasteiger partial charge in [-0.25, -0.2) is 0 Å². The average molecular weight is 448 g/mol. The van der Waals surface area contributed by atoms with Crippen molar-refractivity contribution in [3.63, 3.8) is 0 Å². The van der Waals surface area contributed by atoms with Gasteiger partial charge >= 0.3 is 0 Å². The second-order valence-electron chi connectivity index (χ2n) is 5.76. The molecule has 0 aliphatic heterocycles. The Morgan fingerprint density at radius 2 is 1.83 bits per heavy atom. The number of halogens is 1. The van der Waals surface area contributed by atoms with Crippen LogP contribution >= 0.6 is 24.0 Å². The molecule has 0 heterocycles. The summed E-state index contributed by atoms with van der Waals surface area (Å²) in [6.45, 7) is 7.99. The van der Waals surface area contributed by atoms with Gasteiger partial charge in [-0.05, 0) is 32.9 Å². The summed E-state index contributed by atoms with van der Waals surface area (Å²) < 4.78 is 5.61. The number of carbonyl (C=O) groups excluding carboxylic acids is 1. The van der Waals surface area contributed by atoms with Crippen LogP contribution in [-0.4, -0.2) is 45.2 Å². The van der Waals surface area contributed by atoms with E-state index in [0.29, 0.717) is 32.2 Å². The molecule has 7 heteroatoms. The first-order valence-corrected chi connectivity index (χ1v) is 7.90. The van der Waals surface area contributed by atoms with E-state index < -0.39 is 5.41 Å². The molecule has 136 valence electrons. The van der Waals surface area contributed by atoms with E-state index in [9.17, 15) is 4.79 Å². The van der Waals surface area contributed by atoms with Crippen molar-refractivity contribution in [1.82, 2.24) is 16.0 Å². The van der Waals surface area contributed by atoms with Gasteiger partial charge in [0, 0.05) is 20.1 Å². The summed E-state index contributed by atoms with van der Waals surface area (Å²) >= 11 is 0. The lowest BCUT2D eigenvalue weighted by molar-refractivity contribution is -0.128. The Morgan fingerprint density at radius 3 is 2.42 bits per heavy atom. The van der Waals surface area contributed by atoms with Gasteiger partial charge in [0.15, 0.2) is 5.96 Å². The number of carbonyl (C=O) groups is 1. The lowest BCUT2D eigenvalue weighted by Crippen LogP contribution is -2.48. The number of amides is 1. The molecule has 1 rings (SSSR count). The van der Waals surface area contributed by atoms with Gasteiger partial charge < -0.3 is 20.7 Å². The normalized spacial score (nSPS) is 11.2. The number of hydrogen-bond acceptors (Lipinski definition) is 3. The topological polar surface area (TPSA) is 74.8 Å². The Hall–Kier alpha value is -1.51. The first-order valence-electron chi connectivity index (χ1n) is 7.90. The Kier molecular flexibility index (Phi) is 11.2. The van der Waals surface area contributed by atoms with Gasteiger partial charge in [0.25, 0.3) is 0 Å². The van der Waals surface area contributed by atoms with Crippen molar-refractivity contribution < 1.29 is 9.53 Å². The van der Waals surface area contributed by atoms with E-state index in [2.05, 4.69) is 20.9 Å². The van der Waals surface area contributed by atoms with Crippen molar-refractivity contribution in [3.8, 4) is 5.75 Å². The number of ether oxygens (including phenoxy) is 1. The lowest BCUT2D eigenvalue weighted by atomic mass is 9.92. The van der Waals surface area contributed by atoms with Gasteiger partial charge in [0.2, 0.25) is 5.91 Å². The molecule has 24 heavy (non-hydrogen) atoms. The van der Waals surface area contributed by atoms with E-state index >= 15 is 0 Å². The fourth-order valence-electron chi connectivity index (χ4n) is 1.86. The molecule has 0 saturated heterocycles. The SMILES string of the molecule is CCNC(=O)C(C)(C)CNC(=NC)NCCOc1ccccc1.I. The maximum Gasteiger partial charge on any atom is 0.227 e. The molecule has 1 amide bonds. The molecule has 6 nitrogen and oxygen atoms in total. The van der Waals surface area contributed by atoms with Crippen LogP contribution in [-0.2, 0) is 4.79 Å². The van der Waals surface area contributed by atoms with Crippen LogP contribution in [0.25, 0.3) is 0 Å². The van der Waals surface area contributed by atoms with Crippen molar-refractivity contribution in [1.29, 1.82) is 0 Å². The van der Waals surface area contributed by atoms with Crippen molar-refractivity contribution >= 4 is 35.8 Å². The third kappa shape index (κ3) is 8.37. The molecular weight excluding hydrogens is 419 g/mol. The molecular formula is C17H29IN4O2. The molecule has 0 unspecified atom stereocenters. The van der Waals surface area contributed by atoms with E-state index in [1.54, 1.807) is 7.05 Å². The zero-order valence-electron chi connectivity index (χ0n) is 14.9. The van der Waals surface area contributed by atoms with E-state index in [4.69, 9.17) is 4.74 Å². The maximum atomic E-state index is 12.0. The average Bonchev–Trinajstić information content (AvgIpc) is 2.55. The third-order valence-electron chi connectivity index (χ3n) is 3.28. The maximum absolute atomic E-state index is 12.0. The van der Waals surface area contributed by atoms with Crippen LogP contribution in [0.5, 0.6) is 5.75 Å². The monoisotopic (exact) mass is 448 g/mol. The number of nitrogens with one attached hydrogen (secondary N) is 3. The smallest absolute Gasteiger partial charge is 0.227 e. The molecule has 1 aromatic carbocycles. The predicted molar refractivity (Wildman–Crippen MR) is 109 cm³/mol. The molecule has 0 fully saturated rings. The Labute approximate surface area is 161 Å². The number of rotatable bonds is 8. The van der Waals surface area contributed by atoms with Gasteiger partial charge in [-0.2, -0.15) is 0 Å². The number of hydrogen-bond donors (Lipinski definition) is 3. The van der Waals surface area contributed by atoms with Crippen LogP contribution in [0, 0.1) is 5.41 Å². The largest absolute Gasteiger partial charge is 0.492 e. The van der Waals surface area contributed by atoms with E-state index in [1.807, 2.05) is 51.1 Å². The minimum atomic E-state index is -0.506. The zero-order chi connectivity index (χ0) is 17.1. The minimum Gasteiger partial charge on any atom is -0.492 e. The molecule has 3 N–H and O–H groups in total. The molecule has 0 aliphatic carbocycles. The highest BCUT2D eigenvalue weighted by molar-refractivity contribution is 14.0. The highest BCUT2D eigenvalue weighted by Crippen LogP contribution is 2.13. The van der Waals surface area contributed by atoms with Gasteiger partial charge in [0.05, 0.1) is 12.0 Å². The highest BCUT2D eigenvalue weighted by atomic mass is 127. The summed E-state index contributed by atoms with van der Waals surface area (Å²) in [7, 11) is 1.70. The number of para-hydroxylation sites is 1. The molecule has 1 aromatic rings. The van der Waals surface area contributed by atoms with E-state index in [-0.39, 0.29) is 29.9 Å². The van der Waals surface area contributed by atoms with Crippen molar-refractivity contribution in [2.24, 2.45) is 10.4 Å². The zero-order valence-corrected chi connectivity index (χ0v) is 17.2. The summed E-state index contributed by atoms with van der Waals surface area (Å²) in [4.78, 5) is 16.1. The number of benzene rings is 1. The number of guanidine groups is 1. The number of aliphatic imine (C=N–C) groups is 1. The number of nitrogens with zero attached hydrogens (tertiary/aromatic N) is 1. The van der Waals surface area contributed by atoms with Crippen molar-refractivity contribution in [3.05, 3.63) is 30.3 Å². The fraction of sp³-hybridized carbons (Fsp3) is 0.529. The van der Waals surface area contributed by atoms with Gasteiger partial charge in [-0.1, -0.05) is 18.2 Å². The summed E-state index contributed by atoms with van der Waals surface area (Å²) in [6.07, 6.45) is 0. The first kappa shape index (κ1) is 22.5. The second-order valence-corrected chi connectivity index (χ2v) is 5.76. The quantitative estimate of drug-likeness (QED) is 0.246. The van der Waals surface area contributed by atoms with Crippen LogP contribution in [0.15, 0.2) is 35.3 Å².